The number of aryl methyl sites for hydroxylation is 1. The van der Waals surface area contributed by atoms with Crippen LogP contribution in [0.15, 0.2) is 18.2 Å². The van der Waals surface area contributed by atoms with Crippen LogP contribution in [-0.4, -0.2) is 11.7 Å². The van der Waals surface area contributed by atoms with Gasteiger partial charge in [-0.1, -0.05) is 17.7 Å². The second kappa shape index (κ2) is 2.62. The van der Waals surface area contributed by atoms with Gasteiger partial charge in [-0.3, -0.25) is 0 Å². The van der Waals surface area contributed by atoms with Crippen molar-refractivity contribution in [3.05, 3.63) is 35.1 Å². The molecule has 0 unspecified atom stereocenters. The molecule has 15 heavy (non-hydrogen) atoms. The monoisotopic (exact) mass is 206 g/mol. The second-order valence-corrected chi connectivity index (χ2v) is 5.45. The van der Waals surface area contributed by atoms with Gasteiger partial charge in [0.15, 0.2) is 0 Å². The van der Waals surface area contributed by atoms with Crippen LogP contribution in [0, 0.1) is 18.2 Å². The SMILES string of the molecule is Cc1ccc(F)c(C23CC(CO)(C2)C3)c1. The third-order valence-corrected chi connectivity index (χ3v) is 4.17. The average molecular weight is 206 g/mol. The van der Waals surface area contributed by atoms with Crippen molar-refractivity contribution in [1.29, 1.82) is 0 Å². The van der Waals surface area contributed by atoms with Crippen LogP contribution >= 0.6 is 0 Å². The summed E-state index contributed by atoms with van der Waals surface area (Å²) in [7, 11) is 0. The number of aliphatic hydroxyl groups is 1. The lowest BCUT2D eigenvalue weighted by atomic mass is 9.34. The summed E-state index contributed by atoms with van der Waals surface area (Å²) < 4.78 is 13.7. The van der Waals surface area contributed by atoms with Gasteiger partial charge in [0.2, 0.25) is 0 Å². The molecule has 0 amide bonds. The smallest absolute Gasteiger partial charge is 0.126 e. The number of halogens is 1. The van der Waals surface area contributed by atoms with Gasteiger partial charge < -0.3 is 5.11 Å². The molecular weight excluding hydrogens is 191 g/mol. The molecule has 1 nitrogen and oxygen atoms in total. The van der Waals surface area contributed by atoms with Crippen molar-refractivity contribution in [2.75, 3.05) is 6.61 Å². The Bertz CT molecular complexity index is 405. The zero-order valence-electron chi connectivity index (χ0n) is 8.89. The summed E-state index contributed by atoms with van der Waals surface area (Å²) in [5, 5.41) is 9.17. The van der Waals surface area contributed by atoms with Crippen LogP contribution in [0.5, 0.6) is 0 Å². The quantitative estimate of drug-likeness (QED) is 0.788. The van der Waals surface area contributed by atoms with E-state index in [1.807, 2.05) is 19.1 Å². The van der Waals surface area contributed by atoms with Crippen LogP contribution in [0.2, 0.25) is 0 Å². The molecule has 0 heterocycles. The van der Waals surface area contributed by atoms with E-state index in [0.717, 1.165) is 30.4 Å². The van der Waals surface area contributed by atoms with E-state index in [-0.39, 0.29) is 23.3 Å². The van der Waals surface area contributed by atoms with E-state index in [1.54, 1.807) is 6.07 Å². The Balaban J connectivity index is 1.93. The minimum atomic E-state index is -0.0770. The van der Waals surface area contributed by atoms with Crippen LogP contribution in [0.25, 0.3) is 0 Å². The van der Waals surface area contributed by atoms with Gasteiger partial charge in [-0.25, -0.2) is 4.39 Å². The van der Waals surface area contributed by atoms with Crippen molar-refractivity contribution in [3.63, 3.8) is 0 Å². The van der Waals surface area contributed by atoms with Crippen LogP contribution < -0.4 is 0 Å². The van der Waals surface area contributed by atoms with Gasteiger partial charge in [-0.05, 0) is 43.2 Å². The molecule has 2 heteroatoms. The summed E-state index contributed by atoms with van der Waals surface area (Å²) in [4.78, 5) is 0. The highest BCUT2D eigenvalue weighted by atomic mass is 19.1. The molecule has 0 spiro atoms. The van der Waals surface area contributed by atoms with E-state index in [9.17, 15) is 9.50 Å². The molecule has 1 aromatic rings. The standard InChI is InChI=1S/C13H15FO/c1-9-2-3-11(14)10(4-9)13-5-12(6-13,7-13)8-15/h2-4,15H,5-8H2,1H3. The van der Waals surface area contributed by atoms with Crippen LogP contribution in [0.3, 0.4) is 0 Å². The highest BCUT2D eigenvalue weighted by Crippen LogP contribution is 2.73. The van der Waals surface area contributed by atoms with Crippen molar-refractivity contribution < 1.29 is 9.50 Å². The zero-order valence-corrected chi connectivity index (χ0v) is 8.89. The molecule has 0 aromatic heterocycles. The van der Waals surface area contributed by atoms with Crippen molar-refractivity contribution in [2.24, 2.45) is 5.41 Å². The first-order chi connectivity index (χ1) is 7.09. The van der Waals surface area contributed by atoms with E-state index in [4.69, 9.17) is 0 Å². The highest BCUT2D eigenvalue weighted by Gasteiger charge is 2.68. The van der Waals surface area contributed by atoms with E-state index >= 15 is 0 Å². The summed E-state index contributed by atoms with van der Waals surface area (Å²) in [6, 6.07) is 5.35. The normalized spacial score (nSPS) is 37.0. The van der Waals surface area contributed by atoms with E-state index in [0.29, 0.717) is 0 Å². The fraction of sp³-hybridized carbons (Fsp3) is 0.538. The van der Waals surface area contributed by atoms with Gasteiger partial charge in [0.1, 0.15) is 5.82 Å². The Labute approximate surface area is 88.9 Å². The van der Waals surface area contributed by atoms with Crippen LogP contribution in [0.1, 0.15) is 30.4 Å². The van der Waals surface area contributed by atoms with Crippen molar-refractivity contribution in [3.8, 4) is 0 Å². The van der Waals surface area contributed by atoms with Gasteiger partial charge >= 0.3 is 0 Å². The molecule has 2 bridgehead atoms. The average Bonchev–Trinajstić information content (AvgIpc) is 2.07. The highest BCUT2D eigenvalue weighted by molar-refractivity contribution is 5.41. The third kappa shape index (κ3) is 1.06. The van der Waals surface area contributed by atoms with Gasteiger partial charge in [-0.2, -0.15) is 0 Å². The van der Waals surface area contributed by atoms with Crippen LogP contribution in [0.4, 0.5) is 4.39 Å². The number of aliphatic hydroxyl groups excluding tert-OH is 1. The summed E-state index contributed by atoms with van der Waals surface area (Å²) in [5.41, 5.74) is 2.21. The molecule has 0 radical (unpaired) electrons. The summed E-state index contributed by atoms with van der Waals surface area (Å²) in [5.74, 6) is -0.0770. The number of hydrogen-bond acceptors (Lipinski definition) is 1. The minimum Gasteiger partial charge on any atom is -0.396 e. The maximum atomic E-state index is 13.7. The lowest BCUT2D eigenvalue weighted by Crippen LogP contribution is -2.66. The molecule has 80 valence electrons. The molecule has 0 saturated heterocycles. The lowest BCUT2D eigenvalue weighted by Gasteiger charge is -2.70. The molecule has 3 saturated carbocycles. The maximum Gasteiger partial charge on any atom is 0.126 e. The van der Waals surface area contributed by atoms with Gasteiger partial charge in [0.25, 0.3) is 0 Å². The first-order valence-electron chi connectivity index (χ1n) is 5.47. The predicted molar refractivity (Wildman–Crippen MR) is 56.2 cm³/mol. The zero-order chi connectivity index (χ0) is 10.7. The summed E-state index contributed by atoms with van der Waals surface area (Å²) in [6.07, 6.45) is 2.91. The van der Waals surface area contributed by atoms with Gasteiger partial charge in [-0.15, -0.1) is 0 Å². The first kappa shape index (κ1) is 9.34. The second-order valence-electron chi connectivity index (χ2n) is 5.45. The third-order valence-electron chi connectivity index (χ3n) is 4.17. The molecule has 1 N–H and O–H groups in total. The largest absolute Gasteiger partial charge is 0.396 e. The predicted octanol–water partition coefficient (Wildman–Crippen LogP) is 2.55. The molecule has 0 aliphatic heterocycles. The number of rotatable bonds is 2. The van der Waals surface area contributed by atoms with Crippen molar-refractivity contribution in [1.82, 2.24) is 0 Å². The maximum absolute atomic E-state index is 13.7. The first-order valence-corrected chi connectivity index (χ1v) is 5.47. The Morgan fingerprint density at radius 2 is 2.00 bits per heavy atom. The van der Waals surface area contributed by atoms with Crippen molar-refractivity contribution in [2.45, 2.75) is 31.6 Å². The van der Waals surface area contributed by atoms with E-state index in [2.05, 4.69) is 0 Å². The van der Waals surface area contributed by atoms with Crippen molar-refractivity contribution >= 4 is 0 Å². The Morgan fingerprint density at radius 1 is 1.33 bits per heavy atom. The Morgan fingerprint density at radius 3 is 2.60 bits per heavy atom. The van der Waals surface area contributed by atoms with E-state index in [1.165, 1.54) is 0 Å². The lowest BCUT2D eigenvalue weighted by molar-refractivity contribution is -0.169. The summed E-state index contributed by atoms with van der Waals surface area (Å²) in [6.45, 7) is 2.26. The number of benzene rings is 1. The van der Waals surface area contributed by atoms with E-state index < -0.39 is 0 Å². The summed E-state index contributed by atoms with van der Waals surface area (Å²) >= 11 is 0. The molecular formula is C13H15FO. The molecule has 1 aromatic carbocycles. The van der Waals surface area contributed by atoms with Gasteiger partial charge in [0, 0.05) is 12.0 Å². The Hall–Kier alpha value is -0.890. The fourth-order valence-corrected chi connectivity index (χ4v) is 3.50. The minimum absolute atomic E-state index is 0.0683. The van der Waals surface area contributed by atoms with Crippen LogP contribution in [-0.2, 0) is 5.41 Å². The number of hydrogen-bond donors (Lipinski definition) is 1. The van der Waals surface area contributed by atoms with Gasteiger partial charge in [0.05, 0.1) is 0 Å². The Kier molecular flexibility index (Phi) is 1.63. The molecule has 3 fully saturated rings. The molecule has 4 rings (SSSR count). The topological polar surface area (TPSA) is 20.2 Å². The fourth-order valence-electron chi connectivity index (χ4n) is 3.50. The molecule has 0 atom stereocenters. The molecule has 3 aliphatic rings. The molecule has 3 aliphatic carbocycles.